The minimum atomic E-state index is -4.41. The molecular weight excluding hydrogens is 379 g/mol. The quantitative estimate of drug-likeness (QED) is 0.686. The zero-order chi connectivity index (χ0) is 19.4. The summed E-state index contributed by atoms with van der Waals surface area (Å²) >= 11 is 5.88. The highest BCUT2D eigenvalue weighted by Gasteiger charge is 2.30. The van der Waals surface area contributed by atoms with E-state index >= 15 is 0 Å². The number of carbonyl (C=O) groups is 1. The van der Waals surface area contributed by atoms with Crippen LogP contribution < -0.4 is 0 Å². The van der Waals surface area contributed by atoms with E-state index < -0.39 is 11.7 Å². The Hall–Kier alpha value is -2.31. The Kier molecular flexibility index (Phi) is 5.87. The van der Waals surface area contributed by atoms with E-state index in [9.17, 15) is 18.0 Å². The monoisotopic (exact) mass is 395 g/mol. The number of ether oxygens (including phenoxy) is 1. The van der Waals surface area contributed by atoms with Crippen molar-refractivity contribution in [2.45, 2.75) is 12.3 Å². The van der Waals surface area contributed by atoms with Crippen LogP contribution in [0.1, 0.15) is 22.8 Å². The molecule has 1 amide bonds. The van der Waals surface area contributed by atoms with Gasteiger partial charge in [-0.2, -0.15) is 13.2 Å². The number of amides is 1. The van der Waals surface area contributed by atoms with Gasteiger partial charge in [-0.25, -0.2) is 0 Å². The Balaban J connectivity index is 1.67. The topological polar surface area (TPSA) is 29.5 Å². The van der Waals surface area contributed by atoms with Gasteiger partial charge in [0.15, 0.2) is 0 Å². The molecule has 1 saturated heterocycles. The summed E-state index contributed by atoms with van der Waals surface area (Å²) in [6, 6.07) is 12.1. The third-order valence-corrected chi connectivity index (χ3v) is 4.50. The van der Waals surface area contributed by atoms with Crippen molar-refractivity contribution in [1.29, 1.82) is 0 Å². The van der Waals surface area contributed by atoms with Gasteiger partial charge < -0.3 is 9.64 Å². The first-order chi connectivity index (χ1) is 12.8. The first-order valence-corrected chi connectivity index (χ1v) is 8.72. The molecule has 3 rings (SSSR count). The number of rotatable bonds is 3. The molecule has 27 heavy (non-hydrogen) atoms. The van der Waals surface area contributed by atoms with E-state index in [1.807, 2.05) is 12.1 Å². The predicted octanol–water partition coefficient (Wildman–Crippen LogP) is 4.97. The fourth-order valence-corrected chi connectivity index (χ4v) is 2.95. The molecule has 0 bridgehead atoms. The Labute approximate surface area is 160 Å². The van der Waals surface area contributed by atoms with Gasteiger partial charge in [0.25, 0.3) is 0 Å². The van der Waals surface area contributed by atoms with Crippen molar-refractivity contribution < 1.29 is 22.7 Å². The fourth-order valence-electron chi connectivity index (χ4n) is 2.82. The van der Waals surface area contributed by atoms with Crippen molar-refractivity contribution >= 4 is 23.6 Å². The van der Waals surface area contributed by atoms with Crippen molar-refractivity contribution in [2.24, 2.45) is 0 Å². The molecule has 0 N–H and O–H groups in total. The number of hydrogen-bond acceptors (Lipinski definition) is 2. The van der Waals surface area contributed by atoms with E-state index in [0.29, 0.717) is 30.3 Å². The molecular formula is C20H17ClF3NO2. The van der Waals surface area contributed by atoms with E-state index in [1.54, 1.807) is 17.0 Å². The van der Waals surface area contributed by atoms with Crippen LogP contribution in [-0.4, -0.2) is 30.5 Å². The van der Waals surface area contributed by atoms with Gasteiger partial charge in [-0.05, 0) is 41.5 Å². The Morgan fingerprint density at radius 3 is 2.63 bits per heavy atom. The van der Waals surface area contributed by atoms with Gasteiger partial charge in [0.2, 0.25) is 5.91 Å². The normalized spacial score (nSPS) is 18.1. The SMILES string of the molecule is O=C(C=Cc1cccc(C(F)(F)F)c1)N1CCOC(c2ccc(Cl)cc2)C1. The molecule has 2 aromatic carbocycles. The number of morpholine rings is 1. The molecule has 0 spiro atoms. The second-order valence-corrected chi connectivity index (χ2v) is 6.59. The number of benzene rings is 2. The van der Waals surface area contributed by atoms with E-state index in [2.05, 4.69) is 0 Å². The van der Waals surface area contributed by atoms with Gasteiger partial charge in [-0.1, -0.05) is 35.9 Å². The summed E-state index contributed by atoms with van der Waals surface area (Å²) in [7, 11) is 0. The molecule has 7 heteroatoms. The summed E-state index contributed by atoms with van der Waals surface area (Å²) in [5.41, 5.74) is 0.491. The number of carbonyl (C=O) groups excluding carboxylic acids is 1. The van der Waals surface area contributed by atoms with Crippen LogP contribution in [0, 0.1) is 0 Å². The highest BCUT2D eigenvalue weighted by Crippen LogP contribution is 2.30. The first-order valence-electron chi connectivity index (χ1n) is 8.34. The molecule has 1 heterocycles. The average molecular weight is 396 g/mol. The molecule has 1 fully saturated rings. The van der Waals surface area contributed by atoms with Crippen molar-refractivity contribution in [3.05, 3.63) is 76.3 Å². The maximum atomic E-state index is 12.8. The summed E-state index contributed by atoms with van der Waals surface area (Å²) in [6.45, 7) is 1.18. The standard InChI is InChI=1S/C20H17ClF3NO2/c21-17-7-5-15(6-8-17)18-13-25(10-11-27-18)19(26)9-4-14-2-1-3-16(12-14)20(22,23)24/h1-9,12,18H,10-11,13H2. The van der Waals surface area contributed by atoms with Crippen LogP contribution in [0.3, 0.4) is 0 Å². The van der Waals surface area contributed by atoms with Crippen LogP contribution in [0.25, 0.3) is 6.08 Å². The van der Waals surface area contributed by atoms with Gasteiger partial charge in [-0.15, -0.1) is 0 Å². The van der Waals surface area contributed by atoms with Gasteiger partial charge in [0.05, 0.1) is 18.7 Å². The molecule has 1 aliphatic heterocycles. The lowest BCUT2D eigenvalue weighted by Gasteiger charge is -2.32. The van der Waals surface area contributed by atoms with Crippen LogP contribution in [0.2, 0.25) is 5.02 Å². The Morgan fingerprint density at radius 1 is 1.19 bits per heavy atom. The lowest BCUT2D eigenvalue weighted by molar-refractivity contribution is -0.137. The van der Waals surface area contributed by atoms with Crippen molar-refractivity contribution in [1.82, 2.24) is 4.90 Å². The summed E-state index contributed by atoms with van der Waals surface area (Å²) < 4.78 is 44.0. The van der Waals surface area contributed by atoms with Crippen LogP contribution in [0.5, 0.6) is 0 Å². The zero-order valence-corrected chi connectivity index (χ0v) is 15.0. The molecule has 0 radical (unpaired) electrons. The molecule has 0 aliphatic carbocycles. The van der Waals surface area contributed by atoms with E-state index in [0.717, 1.165) is 17.7 Å². The van der Waals surface area contributed by atoms with Crippen LogP contribution in [-0.2, 0) is 15.7 Å². The Bertz CT molecular complexity index is 834. The molecule has 0 aromatic heterocycles. The maximum absolute atomic E-state index is 12.8. The van der Waals surface area contributed by atoms with E-state index in [-0.39, 0.29) is 12.0 Å². The minimum absolute atomic E-state index is 0.262. The van der Waals surface area contributed by atoms with Gasteiger partial charge >= 0.3 is 6.18 Å². The first kappa shape index (κ1) is 19.5. The molecule has 3 nitrogen and oxygen atoms in total. The van der Waals surface area contributed by atoms with Crippen LogP contribution in [0.15, 0.2) is 54.6 Å². The van der Waals surface area contributed by atoms with Gasteiger partial charge in [0, 0.05) is 17.6 Å². The fraction of sp³-hybridized carbons (Fsp3) is 0.250. The third kappa shape index (κ3) is 5.11. The molecule has 2 aromatic rings. The summed E-state index contributed by atoms with van der Waals surface area (Å²) in [5, 5.41) is 0.617. The lowest BCUT2D eigenvalue weighted by atomic mass is 10.1. The maximum Gasteiger partial charge on any atom is 0.416 e. The molecule has 142 valence electrons. The molecule has 1 aliphatic rings. The Morgan fingerprint density at radius 2 is 1.93 bits per heavy atom. The number of halogens is 4. The number of nitrogens with zero attached hydrogens (tertiary/aromatic N) is 1. The highest BCUT2D eigenvalue weighted by molar-refractivity contribution is 6.30. The third-order valence-electron chi connectivity index (χ3n) is 4.25. The highest BCUT2D eigenvalue weighted by atomic mass is 35.5. The predicted molar refractivity (Wildman–Crippen MR) is 97.2 cm³/mol. The number of alkyl halides is 3. The van der Waals surface area contributed by atoms with Crippen molar-refractivity contribution in [3.63, 3.8) is 0 Å². The summed E-state index contributed by atoms with van der Waals surface area (Å²) in [4.78, 5) is 14.0. The average Bonchev–Trinajstić information content (AvgIpc) is 2.66. The lowest BCUT2D eigenvalue weighted by Crippen LogP contribution is -2.41. The molecule has 1 unspecified atom stereocenters. The van der Waals surface area contributed by atoms with Gasteiger partial charge in [-0.3, -0.25) is 4.79 Å². The van der Waals surface area contributed by atoms with E-state index in [1.165, 1.54) is 24.3 Å². The van der Waals surface area contributed by atoms with Crippen LogP contribution in [0.4, 0.5) is 13.2 Å². The summed E-state index contributed by atoms with van der Waals surface area (Å²) in [5.74, 6) is -0.269. The second kappa shape index (κ2) is 8.15. The number of hydrogen-bond donors (Lipinski definition) is 0. The smallest absolute Gasteiger partial charge is 0.370 e. The van der Waals surface area contributed by atoms with Crippen molar-refractivity contribution in [2.75, 3.05) is 19.7 Å². The largest absolute Gasteiger partial charge is 0.416 e. The minimum Gasteiger partial charge on any atom is -0.370 e. The second-order valence-electron chi connectivity index (χ2n) is 6.15. The van der Waals surface area contributed by atoms with Gasteiger partial charge in [0.1, 0.15) is 6.10 Å². The van der Waals surface area contributed by atoms with Crippen molar-refractivity contribution in [3.8, 4) is 0 Å². The molecule has 1 atom stereocenters. The van der Waals surface area contributed by atoms with E-state index in [4.69, 9.17) is 16.3 Å². The summed E-state index contributed by atoms with van der Waals surface area (Å²) in [6.07, 6.45) is -1.99. The van der Waals surface area contributed by atoms with Crippen LogP contribution >= 0.6 is 11.6 Å². The molecule has 0 saturated carbocycles. The zero-order valence-electron chi connectivity index (χ0n) is 14.2.